The van der Waals surface area contributed by atoms with Crippen LogP contribution in [0.25, 0.3) is 0 Å². The van der Waals surface area contributed by atoms with Crippen LogP contribution in [0.1, 0.15) is 5.56 Å². The smallest absolute Gasteiger partial charge is 0.364 e. The van der Waals surface area contributed by atoms with Crippen LogP contribution in [-0.2, 0) is 23.3 Å². The maximum Gasteiger partial charge on any atom is 0.379 e. The van der Waals surface area contributed by atoms with Gasteiger partial charge in [0.15, 0.2) is 0 Å². The van der Waals surface area contributed by atoms with Gasteiger partial charge in [0.1, 0.15) is 0 Å². The zero-order chi connectivity index (χ0) is 16.5. The molecule has 1 unspecified atom stereocenters. The number of rotatable bonds is 6. The number of nitrogens with zero attached hydrogens (tertiary/aromatic N) is 1. The maximum atomic E-state index is 12.4. The van der Waals surface area contributed by atoms with Crippen LogP contribution in [0.3, 0.4) is 0 Å². The molecule has 0 heterocycles. The summed E-state index contributed by atoms with van der Waals surface area (Å²) in [5.41, 5.74) is -1.70. The van der Waals surface area contributed by atoms with Crippen LogP contribution in [0, 0.1) is 10.1 Å². The summed E-state index contributed by atoms with van der Waals surface area (Å²) in [6.07, 6.45) is 0. The van der Waals surface area contributed by atoms with E-state index in [1.807, 2.05) is 0 Å². The minimum absolute atomic E-state index is 0.791. The fourth-order valence-corrected chi connectivity index (χ4v) is 5.12. The summed E-state index contributed by atoms with van der Waals surface area (Å²) in [4.78, 5) is 28.8. The van der Waals surface area contributed by atoms with Crippen molar-refractivity contribution >= 4 is 20.9 Å². The summed E-state index contributed by atoms with van der Waals surface area (Å²) in [5.74, 6) is 0. The van der Waals surface area contributed by atoms with Crippen LogP contribution in [0.2, 0.25) is 0 Å². The Labute approximate surface area is 119 Å². The first-order valence-corrected chi connectivity index (χ1v) is 8.44. The highest BCUT2D eigenvalue weighted by molar-refractivity contribution is 7.72. The predicted octanol–water partition coefficient (Wildman–Crippen LogP) is 1.36. The third-order valence-corrected chi connectivity index (χ3v) is 7.27. The molecule has 21 heavy (non-hydrogen) atoms. The summed E-state index contributed by atoms with van der Waals surface area (Å²) in [7, 11) is -8.84. The molecule has 0 radical (unpaired) electrons. The summed E-state index contributed by atoms with van der Waals surface area (Å²) in [5, 5.41) is 17.8. The minimum Gasteiger partial charge on any atom is -0.364 e. The number of hydrogen-bond acceptors (Lipinski definition) is 7. The number of para-hydroxylation sites is 1. The van der Waals surface area contributed by atoms with Crippen LogP contribution < -0.4 is 0 Å². The van der Waals surface area contributed by atoms with E-state index in [1.54, 1.807) is 0 Å². The Bertz CT molecular complexity index is 634. The molecule has 12 heteroatoms. The number of nitro groups is 1. The molecule has 0 aliphatic carbocycles. The standard InChI is InChI=1S/C9H13NO9P2/c1-18-21(17,19-2)9(11,20(14,15)16)7-5-3-4-6-8(7)10(12)13/h3-6,11H,1-2H3,(H2,14,15,16). The van der Waals surface area contributed by atoms with E-state index in [1.165, 1.54) is 12.1 Å². The molecule has 0 amide bonds. The van der Waals surface area contributed by atoms with Crippen molar-refractivity contribution in [2.45, 2.75) is 5.08 Å². The summed E-state index contributed by atoms with van der Waals surface area (Å²) >= 11 is 0. The van der Waals surface area contributed by atoms with Crippen molar-refractivity contribution in [1.82, 2.24) is 0 Å². The number of aliphatic hydroxyl groups is 1. The highest BCUT2D eigenvalue weighted by Gasteiger charge is 2.65. The highest BCUT2D eigenvalue weighted by Crippen LogP contribution is 2.77. The van der Waals surface area contributed by atoms with Gasteiger partial charge in [0.2, 0.25) is 0 Å². The molecule has 10 nitrogen and oxygen atoms in total. The zero-order valence-corrected chi connectivity index (χ0v) is 12.7. The Morgan fingerprint density at radius 1 is 1.19 bits per heavy atom. The third-order valence-electron chi connectivity index (χ3n) is 2.73. The van der Waals surface area contributed by atoms with Crippen LogP contribution in [0.5, 0.6) is 0 Å². The van der Waals surface area contributed by atoms with Gasteiger partial charge in [0, 0.05) is 20.3 Å². The van der Waals surface area contributed by atoms with Gasteiger partial charge in [0.05, 0.1) is 10.5 Å². The minimum atomic E-state index is -5.59. The van der Waals surface area contributed by atoms with Gasteiger partial charge < -0.3 is 23.9 Å². The normalized spacial score (nSPS) is 15.5. The molecule has 118 valence electrons. The molecule has 0 saturated carbocycles. The lowest BCUT2D eigenvalue weighted by Gasteiger charge is -2.33. The molecule has 0 aliphatic rings. The fourth-order valence-electron chi connectivity index (χ4n) is 1.71. The first-order chi connectivity index (χ1) is 9.55. The number of benzene rings is 1. The lowest BCUT2D eigenvalue weighted by Crippen LogP contribution is -2.28. The van der Waals surface area contributed by atoms with Gasteiger partial charge in [-0.15, -0.1) is 0 Å². The van der Waals surface area contributed by atoms with Crippen molar-refractivity contribution in [3.8, 4) is 0 Å². The molecule has 0 bridgehead atoms. The zero-order valence-electron chi connectivity index (χ0n) is 10.9. The number of nitro benzene ring substituents is 1. The molecule has 0 saturated heterocycles. The molecule has 1 rings (SSSR count). The molecule has 1 aromatic carbocycles. The third kappa shape index (κ3) is 2.79. The molecule has 0 fully saturated rings. The van der Waals surface area contributed by atoms with Crippen LogP contribution >= 0.6 is 15.2 Å². The Balaban J connectivity index is 3.83. The van der Waals surface area contributed by atoms with Crippen molar-refractivity contribution < 1.29 is 38.0 Å². The SMILES string of the molecule is COP(=O)(OC)C(O)(c1ccccc1[N+](=O)[O-])P(=O)(O)O. The van der Waals surface area contributed by atoms with E-state index in [2.05, 4.69) is 9.05 Å². The molecule has 1 aromatic rings. The Morgan fingerprint density at radius 3 is 2.05 bits per heavy atom. The van der Waals surface area contributed by atoms with Gasteiger partial charge in [-0.2, -0.15) is 0 Å². The highest BCUT2D eigenvalue weighted by atomic mass is 31.2. The van der Waals surface area contributed by atoms with E-state index in [4.69, 9.17) is 0 Å². The monoisotopic (exact) mass is 341 g/mol. The second-order valence-electron chi connectivity index (χ2n) is 3.82. The first kappa shape index (κ1) is 17.9. The Hall–Kier alpha value is -1.12. The molecule has 3 N–H and O–H groups in total. The molecule has 0 spiro atoms. The van der Waals surface area contributed by atoms with Crippen LogP contribution in [0.15, 0.2) is 24.3 Å². The summed E-state index contributed by atoms with van der Waals surface area (Å²) in [6.45, 7) is 0. The Kier molecular flexibility index (Phi) is 5.07. The van der Waals surface area contributed by atoms with E-state index in [0.29, 0.717) is 0 Å². The molecule has 0 aromatic heterocycles. The molecule has 1 atom stereocenters. The second kappa shape index (κ2) is 5.94. The van der Waals surface area contributed by atoms with Crippen molar-refractivity contribution in [2.24, 2.45) is 0 Å². The Morgan fingerprint density at radius 2 is 1.67 bits per heavy atom. The molecular formula is C9H13NO9P2. The molecular weight excluding hydrogens is 328 g/mol. The van der Waals surface area contributed by atoms with Gasteiger partial charge in [-0.05, 0) is 6.07 Å². The average molecular weight is 341 g/mol. The van der Waals surface area contributed by atoms with Crippen molar-refractivity contribution in [1.29, 1.82) is 0 Å². The largest absolute Gasteiger partial charge is 0.379 e. The van der Waals surface area contributed by atoms with Gasteiger partial charge >= 0.3 is 15.2 Å². The van der Waals surface area contributed by atoms with Crippen LogP contribution in [0.4, 0.5) is 5.69 Å². The van der Waals surface area contributed by atoms with Gasteiger partial charge in [-0.3, -0.25) is 19.2 Å². The van der Waals surface area contributed by atoms with Gasteiger partial charge in [-0.1, -0.05) is 12.1 Å². The fraction of sp³-hybridized carbons (Fsp3) is 0.333. The van der Waals surface area contributed by atoms with E-state index < -0.39 is 36.4 Å². The lowest BCUT2D eigenvalue weighted by molar-refractivity contribution is -0.386. The van der Waals surface area contributed by atoms with Crippen molar-refractivity contribution in [3.05, 3.63) is 39.9 Å². The topological polar surface area (TPSA) is 156 Å². The summed E-state index contributed by atoms with van der Waals surface area (Å²) < 4.78 is 32.9. The van der Waals surface area contributed by atoms with E-state index in [0.717, 1.165) is 26.4 Å². The average Bonchev–Trinajstić information content (AvgIpc) is 2.44. The van der Waals surface area contributed by atoms with Crippen molar-refractivity contribution in [3.63, 3.8) is 0 Å². The van der Waals surface area contributed by atoms with Crippen molar-refractivity contribution in [2.75, 3.05) is 14.2 Å². The van der Waals surface area contributed by atoms with Gasteiger partial charge in [0.25, 0.3) is 10.8 Å². The lowest BCUT2D eigenvalue weighted by atomic mass is 10.2. The maximum absolute atomic E-state index is 12.4. The second-order valence-corrected chi connectivity index (χ2v) is 8.28. The van der Waals surface area contributed by atoms with E-state index >= 15 is 0 Å². The summed E-state index contributed by atoms with van der Waals surface area (Å²) in [6, 6.07) is 4.15. The van der Waals surface area contributed by atoms with Crippen LogP contribution in [-0.4, -0.2) is 34.0 Å². The predicted molar refractivity (Wildman–Crippen MR) is 70.7 cm³/mol. The molecule has 0 aliphatic heterocycles. The van der Waals surface area contributed by atoms with E-state index in [-0.39, 0.29) is 0 Å². The first-order valence-electron chi connectivity index (χ1n) is 5.28. The van der Waals surface area contributed by atoms with E-state index in [9.17, 15) is 34.1 Å². The van der Waals surface area contributed by atoms with Gasteiger partial charge in [-0.25, -0.2) is 0 Å². The number of hydrogen-bond donors (Lipinski definition) is 3. The quantitative estimate of drug-likeness (QED) is 0.395.